The van der Waals surface area contributed by atoms with Gasteiger partial charge >= 0.3 is 0 Å². The molecule has 2 aromatic carbocycles. The molecule has 0 saturated carbocycles. The van der Waals surface area contributed by atoms with Crippen molar-refractivity contribution in [2.24, 2.45) is 0 Å². The van der Waals surface area contributed by atoms with Crippen LogP contribution in [-0.2, 0) is 12.8 Å². The highest BCUT2D eigenvalue weighted by molar-refractivity contribution is 5.94. The van der Waals surface area contributed by atoms with Crippen molar-refractivity contribution in [3.63, 3.8) is 0 Å². The van der Waals surface area contributed by atoms with Crippen molar-refractivity contribution in [2.75, 3.05) is 18.8 Å². The van der Waals surface area contributed by atoms with Crippen LogP contribution in [0.2, 0.25) is 0 Å². The molecule has 3 heterocycles. The lowest BCUT2D eigenvalue weighted by Crippen LogP contribution is -2.37. The van der Waals surface area contributed by atoms with Crippen LogP contribution in [0.15, 0.2) is 79.3 Å². The first-order valence-corrected chi connectivity index (χ1v) is 11.6. The zero-order chi connectivity index (χ0) is 22.6. The maximum absolute atomic E-state index is 13.0. The fraction of sp³-hybridized carbons (Fsp3) is 0.250. The number of likely N-dealkylation sites (tertiary alicyclic amines) is 1. The third kappa shape index (κ3) is 4.72. The second-order valence-corrected chi connectivity index (χ2v) is 8.80. The maximum Gasteiger partial charge on any atom is 0.253 e. The van der Waals surface area contributed by atoms with E-state index in [0.717, 1.165) is 55.1 Å². The fourth-order valence-electron chi connectivity index (χ4n) is 4.71. The summed E-state index contributed by atoms with van der Waals surface area (Å²) < 4.78 is 0. The van der Waals surface area contributed by atoms with E-state index in [4.69, 9.17) is 5.73 Å². The number of piperidine rings is 1. The van der Waals surface area contributed by atoms with Gasteiger partial charge in [-0.3, -0.25) is 9.78 Å². The van der Waals surface area contributed by atoms with Gasteiger partial charge in [0, 0.05) is 42.6 Å². The highest BCUT2D eigenvalue weighted by Gasteiger charge is 2.25. The van der Waals surface area contributed by atoms with E-state index in [9.17, 15) is 4.79 Å². The Morgan fingerprint density at radius 1 is 0.939 bits per heavy atom. The second kappa shape index (κ2) is 9.41. The molecule has 5 heteroatoms. The van der Waals surface area contributed by atoms with Gasteiger partial charge < -0.3 is 10.6 Å². The summed E-state index contributed by atoms with van der Waals surface area (Å²) in [5, 5.41) is 2.12. The number of aromatic nitrogens is 2. The molecule has 0 aliphatic carbocycles. The lowest BCUT2D eigenvalue weighted by molar-refractivity contribution is 0.0713. The largest absolute Gasteiger partial charge is 0.383 e. The van der Waals surface area contributed by atoms with Gasteiger partial charge in [-0.15, -0.1) is 0 Å². The Morgan fingerprint density at radius 3 is 2.48 bits per heavy atom. The van der Waals surface area contributed by atoms with Gasteiger partial charge in [-0.05, 0) is 84.0 Å². The number of fused-ring (bicyclic) bond motifs is 1. The van der Waals surface area contributed by atoms with Crippen molar-refractivity contribution in [2.45, 2.75) is 31.6 Å². The van der Waals surface area contributed by atoms with Gasteiger partial charge in [0.05, 0.1) is 0 Å². The lowest BCUT2D eigenvalue weighted by Gasteiger charge is -2.32. The van der Waals surface area contributed by atoms with Crippen molar-refractivity contribution < 1.29 is 4.79 Å². The van der Waals surface area contributed by atoms with Gasteiger partial charge in [0.15, 0.2) is 0 Å². The highest BCUT2D eigenvalue weighted by Crippen LogP contribution is 2.31. The quantitative estimate of drug-likeness (QED) is 0.477. The first-order chi connectivity index (χ1) is 16.2. The molecule has 1 fully saturated rings. The van der Waals surface area contributed by atoms with Crippen LogP contribution >= 0.6 is 0 Å². The van der Waals surface area contributed by atoms with E-state index in [1.807, 2.05) is 35.4 Å². The van der Waals surface area contributed by atoms with Crippen LogP contribution in [0, 0.1) is 0 Å². The standard InChI is InChI=1S/C28H28N4O/c29-27-26-18-25(10-9-23(26)11-15-31-27)22-12-16-32(17-13-22)28(33)24-7-5-20(6-8-24)3-4-21-2-1-14-30-19-21/h1-2,5-11,14-15,18-19,22H,3-4,12-13,16-17H2,(H2,29,31). The molecule has 1 saturated heterocycles. The Kier molecular flexibility index (Phi) is 6.03. The van der Waals surface area contributed by atoms with Crippen LogP contribution in [0.3, 0.4) is 0 Å². The molecule has 0 spiro atoms. The van der Waals surface area contributed by atoms with Crippen LogP contribution < -0.4 is 5.73 Å². The molecule has 2 aromatic heterocycles. The number of benzene rings is 2. The number of rotatable bonds is 5. The Bertz CT molecular complexity index is 1250. The van der Waals surface area contributed by atoms with E-state index in [1.165, 1.54) is 16.7 Å². The van der Waals surface area contributed by atoms with Crippen LogP contribution in [0.1, 0.15) is 45.8 Å². The predicted molar refractivity (Wildman–Crippen MR) is 132 cm³/mol. The number of carbonyl (C=O) groups excluding carboxylic acids is 1. The summed E-state index contributed by atoms with van der Waals surface area (Å²) in [4.78, 5) is 23.4. The number of nitrogens with two attached hydrogens (primary N) is 1. The number of hydrogen-bond donors (Lipinski definition) is 1. The van der Waals surface area contributed by atoms with Crippen molar-refractivity contribution in [3.8, 4) is 0 Å². The minimum atomic E-state index is 0.124. The first-order valence-electron chi connectivity index (χ1n) is 11.6. The number of carbonyl (C=O) groups is 1. The van der Waals surface area contributed by atoms with Gasteiger partial charge in [-0.2, -0.15) is 0 Å². The summed E-state index contributed by atoms with van der Waals surface area (Å²) in [6, 6.07) is 20.6. The molecule has 1 aliphatic heterocycles. The molecule has 33 heavy (non-hydrogen) atoms. The second-order valence-electron chi connectivity index (χ2n) is 8.80. The van der Waals surface area contributed by atoms with Crippen LogP contribution in [0.4, 0.5) is 5.82 Å². The first kappa shape index (κ1) is 21.1. The molecular weight excluding hydrogens is 408 g/mol. The zero-order valence-electron chi connectivity index (χ0n) is 18.7. The van der Waals surface area contributed by atoms with Crippen LogP contribution in [-0.4, -0.2) is 33.9 Å². The topological polar surface area (TPSA) is 72.1 Å². The molecule has 1 aliphatic rings. The number of hydrogen-bond acceptors (Lipinski definition) is 4. The Morgan fingerprint density at radius 2 is 1.73 bits per heavy atom. The average Bonchev–Trinajstić information content (AvgIpc) is 2.88. The molecule has 0 bridgehead atoms. The molecule has 0 atom stereocenters. The summed E-state index contributed by atoms with van der Waals surface area (Å²) in [5.41, 5.74) is 10.6. The van der Waals surface area contributed by atoms with Gasteiger partial charge in [-0.25, -0.2) is 4.98 Å². The predicted octanol–water partition coefficient (Wildman–Crippen LogP) is 5.02. The van der Waals surface area contributed by atoms with Crippen molar-refractivity contribution >= 4 is 22.5 Å². The molecule has 0 radical (unpaired) electrons. The smallest absolute Gasteiger partial charge is 0.253 e. The minimum Gasteiger partial charge on any atom is -0.383 e. The van der Waals surface area contributed by atoms with Gasteiger partial charge in [-0.1, -0.05) is 30.3 Å². The van der Waals surface area contributed by atoms with E-state index in [1.54, 1.807) is 12.4 Å². The van der Waals surface area contributed by atoms with Crippen LogP contribution in [0.25, 0.3) is 10.8 Å². The molecule has 0 unspecified atom stereocenters. The van der Waals surface area contributed by atoms with Gasteiger partial charge in [0.25, 0.3) is 5.91 Å². The van der Waals surface area contributed by atoms with E-state index in [2.05, 4.69) is 46.4 Å². The third-order valence-electron chi connectivity index (χ3n) is 6.70. The van der Waals surface area contributed by atoms with Crippen molar-refractivity contribution in [1.82, 2.24) is 14.9 Å². The molecule has 166 valence electrons. The zero-order valence-corrected chi connectivity index (χ0v) is 18.7. The maximum atomic E-state index is 13.0. The SMILES string of the molecule is Nc1nccc2ccc(C3CCN(C(=O)c4ccc(CCc5cccnc5)cc4)CC3)cc12. The number of amides is 1. The molecule has 5 nitrogen and oxygen atoms in total. The molecule has 1 amide bonds. The third-order valence-corrected chi connectivity index (χ3v) is 6.70. The molecular formula is C28H28N4O. The Balaban J connectivity index is 1.19. The number of aryl methyl sites for hydroxylation is 2. The summed E-state index contributed by atoms with van der Waals surface area (Å²) in [6.07, 6.45) is 9.26. The van der Waals surface area contributed by atoms with E-state index >= 15 is 0 Å². The monoisotopic (exact) mass is 436 g/mol. The average molecular weight is 437 g/mol. The normalized spacial score (nSPS) is 14.5. The Hall–Kier alpha value is -3.73. The number of pyridine rings is 2. The number of anilines is 1. The molecule has 4 aromatic rings. The minimum absolute atomic E-state index is 0.124. The fourth-order valence-corrected chi connectivity index (χ4v) is 4.71. The van der Waals surface area contributed by atoms with E-state index in [0.29, 0.717) is 11.7 Å². The van der Waals surface area contributed by atoms with Gasteiger partial charge in [0.2, 0.25) is 0 Å². The Labute approximate surface area is 194 Å². The van der Waals surface area contributed by atoms with E-state index in [-0.39, 0.29) is 5.91 Å². The highest BCUT2D eigenvalue weighted by atomic mass is 16.2. The lowest BCUT2D eigenvalue weighted by atomic mass is 9.88. The number of nitrogen functional groups attached to an aromatic ring is 1. The van der Waals surface area contributed by atoms with Crippen LogP contribution in [0.5, 0.6) is 0 Å². The summed E-state index contributed by atoms with van der Waals surface area (Å²) in [5.74, 6) is 1.14. The summed E-state index contributed by atoms with van der Waals surface area (Å²) in [7, 11) is 0. The summed E-state index contributed by atoms with van der Waals surface area (Å²) in [6.45, 7) is 1.54. The molecule has 5 rings (SSSR count). The summed E-state index contributed by atoms with van der Waals surface area (Å²) >= 11 is 0. The van der Waals surface area contributed by atoms with Crippen molar-refractivity contribution in [1.29, 1.82) is 0 Å². The molecule has 2 N–H and O–H groups in total. The number of nitrogens with zero attached hydrogens (tertiary/aromatic N) is 3. The van der Waals surface area contributed by atoms with E-state index < -0.39 is 0 Å². The van der Waals surface area contributed by atoms with Crippen molar-refractivity contribution in [3.05, 3.63) is 102 Å². The van der Waals surface area contributed by atoms with Gasteiger partial charge in [0.1, 0.15) is 5.82 Å².